The summed E-state index contributed by atoms with van der Waals surface area (Å²) in [5.41, 5.74) is 1.88. The lowest BCUT2D eigenvalue weighted by atomic mass is 10.0. The van der Waals surface area contributed by atoms with E-state index in [0.29, 0.717) is 6.42 Å². The molecule has 29 heavy (non-hydrogen) atoms. The van der Waals surface area contributed by atoms with Crippen molar-refractivity contribution in [2.45, 2.75) is 32.4 Å². The largest absolute Gasteiger partial charge is 0.357 e. The van der Waals surface area contributed by atoms with E-state index in [4.69, 9.17) is 0 Å². The number of amides is 2. The molecule has 0 bridgehead atoms. The first kappa shape index (κ1) is 20.5. The number of hydrogen-bond donors (Lipinski definition) is 1. The predicted octanol–water partition coefficient (Wildman–Crippen LogP) is 4.07. The first-order valence-corrected chi connectivity index (χ1v) is 9.71. The van der Waals surface area contributed by atoms with Crippen LogP contribution in [0.3, 0.4) is 0 Å². The molecule has 0 saturated carbocycles. The van der Waals surface area contributed by atoms with E-state index in [9.17, 15) is 14.0 Å². The zero-order valence-corrected chi connectivity index (χ0v) is 16.7. The molecule has 0 fully saturated rings. The van der Waals surface area contributed by atoms with E-state index in [-0.39, 0.29) is 30.6 Å². The fraction of sp³-hybridized carbons (Fsp3) is 0.250. The van der Waals surface area contributed by atoms with Crippen LogP contribution in [0.2, 0.25) is 0 Å². The maximum atomic E-state index is 13.2. The second-order valence-corrected chi connectivity index (χ2v) is 7.08. The standard InChI is InChI=1S/C24H25FN2O2/c1-17(24(29)26-2)27(16-18-10-13-21(25)14-11-18)23(28)15-12-20-8-5-7-19-6-3-4-9-22(19)20/h3-11,13-14,17H,12,15-16H2,1-2H3,(H,26,29)/t17-/m1/s1. The Morgan fingerprint density at radius 1 is 1.00 bits per heavy atom. The highest BCUT2D eigenvalue weighted by atomic mass is 19.1. The minimum Gasteiger partial charge on any atom is -0.357 e. The van der Waals surface area contributed by atoms with Gasteiger partial charge in [0.05, 0.1) is 0 Å². The van der Waals surface area contributed by atoms with Crippen molar-refractivity contribution in [2.24, 2.45) is 0 Å². The molecule has 1 N–H and O–H groups in total. The Balaban J connectivity index is 1.78. The third kappa shape index (κ3) is 4.99. The Morgan fingerprint density at radius 2 is 1.69 bits per heavy atom. The van der Waals surface area contributed by atoms with Crippen molar-refractivity contribution in [3.8, 4) is 0 Å². The van der Waals surface area contributed by atoms with Gasteiger partial charge in [-0.15, -0.1) is 0 Å². The van der Waals surface area contributed by atoms with E-state index >= 15 is 0 Å². The Morgan fingerprint density at radius 3 is 2.41 bits per heavy atom. The molecule has 4 nitrogen and oxygen atoms in total. The third-order valence-electron chi connectivity index (χ3n) is 5.17. The number of likely N-dealkylation sites (N-methyl/N-ethyl adjacent to an activating group) is 1. The number of nitrogens with zero attached hydrogens (tertiary/aromatic N) is 1. The lowest BCUT2D eigenvalue weighted by molar-refractivity contribution is -0.140. The van der Waals surface area contributed by atoms with Gasteiger partial charge in [0.25, 0.3) is 0 Å². The van der Waals surface area contributed by atoms with E-state index < -0.39 is 6.04 Å². The topological polar surface area (TPSA) is 49.4 Å². The Bertz CT molecular complexity index is 996. The normalized spacial score (nSPS) is 11.8. The maximum Gasteiger partial charge on any atom is 0.242 e. The number of fused-ring (bicyclic) bond motifs is 1. The summed E-state index contributed by atoms with van der Waals surface area (Å²) >= 11 is 0. The molecule has 0 radical (unpaired) electrons. The van der Waals surface area contributed by atoms with Crippen LogP contribution in [-0.2, 0) is 22.6 Å². The fourth-order valence-electron chi connectivity index (χ4n) is 3.47. The van der Waals surface area contributed by atoms with Crippen LogP contribution in [0.4, 0.5) is 4.39 Å². The Hall–Kier alpha value is -3.21. The highest BCUT2D eigenvalue weighted by Crippen LogP contribution is 2.21. The van der Waals surface area contributed by atoms with Crippen LogP contribution in [0.1, 0.15) is 24.5 Å². The molecule has 0 spiro atoms. The molecule has 0 aromatic heterocycles. The van der Waals surface area contributed by atoms with Gasteiger partial charge in [0, 0.05) is 20.0 Å². The van der Waals surface area contributed by atoms with E-state index in [0.717, 1.165) is 21.9 Å². The number of benzene rings is 3. The molecule has 3 rings (SSSR count). The monoisotopic (exact) mass is 392 g/mol. The van der Waals surface area contributed by atoms with Crippen LogP contribution in [0.5, 0.6) is 0 Å². The van der Waals surface area contributed by atoms with Gasteiger partial charge in [-0.3, -0.25) is 9.59 Å². The van der Waals surface area contributed by atoms with E-state index in [1.807, 2.05) is 24.3 Å². The number of aryl methyl sites for hydroxylation is 1. The summed E-state index contributed by atoms with van der Waals surface area (Å²) in [5.74, 6) is -0.675. The van der Waals surface area contributed by atoms with Crippen molar-refractivity contribution < 1.29 is 14.0 Å². The smallest absolute Gasteiger partial charge is 0.242 e. The SMILES string of the molecule is CNC(=O)[C@@H](C)N(Cc1ccc(F)cc1)C(=O)CCc1cccc2ccccc12. The predicted molar refractivity (Wildman–Crippen MR) is 113 cm³/mol. The second kappa shape index (κ2) is 9.32. The zero-order chi connectivity index (χ0) is 20.8. The maximum absolute atomic E-state index is 13.2. The van der Waals surface area contributed by atoms with Gasteiger partial charge >= 0.3 is 0 Å². The minimum absolute atomic E-state index is 0.113. The van der Waals surface area contributed by atoms with Gasteiger partial charge < -0.3 is 10.2 Å². The van der Waals surface area contributed by atoms with Gasteiger partial charge in [-0.25, -0.2) is 4.39 Å². The summed E-state index contributed by atoms with van der Waals surface area (Å²) in [6, 6.07) is 19.5. The van der Waals surface area contributed by atoms with Crippen LogP contribution in [0.25, 0.3) is 10.8 Å². The zero-order valence-electron chi connectivity index (χ0n) is 16.7. The van der Waals surface area contributed by atoms with Crippen LogP contribution in [0, 0.1) is 5.82 Å². The summed E-state index contributed by atoms with van der Waals surface area (Å²) in [6.07, 6.45) is 0.872. The van der Waals surface area contributed by atoms with Gasteiger partial charge in [-0.2, -0.15) is 0 Å². The minimum atomic E-state index is -0.620. The molecular formula is C24H25FN2O2. The van der Waals surface area contributed by atoms with Crippen molar-refractivity contribution in [2.75, 3.05) is 7.05 Å². The van der Waals surface area contributed by atoms with Crippen LogP contribution in [-0.4, -0.2) is 29.8 Å². The van der Waals surface area contributed by atoms with Crippen molar-refractivity contribution in [3.63, 3.8) is 0 Å². The van der Waals surface area contributed by atoms with Gasteiger partial charge in [0.1, 0.15) is 11.9 Å². The number of carbonyl (C=O) groups is 2. The summed E-state index contributed by atoms with van der Waals surface area (Å²) in [7, 11) is 1.55. The summed E-state index contributed by atoms with van der Waals surface area (Å²) in [6.45, 7) is 1.96. The summed E-state index contributed by atoms with van der Waals surface area (Å²) in [4.78, 5) is 26.8. The van der Waals surface area contributed by atoms with E-state index in [1.165, 1.54) is 12.1 Å². The highest BCUT2D eigenvalue weighted by molar-refractivity contribution is 5.88. The molecule has 0 aliphatic rings. The van der Waals surface area contributed by atoms with Gasteiger partial charge in [0.15, 0.2) is 0 Å². The van der Waals surface area contributed by atoms with Crippen LogP contribution in [0.15, 0.2) is 66.7 Å². The number of rotatable bonds is 7. The molecule has 0 aliphatic carbocycles. The first-order valence-electron chi connectivity index (χ1n) is 9.71. The second-order valence-electron chi connectivity index (χ2n) is 7.08. The molecule has 5 heteroatoms. The lowest BCUT2D eigenvalue weighted by Crippen LogP contribution is -2.46. The Kier molecular flexibility index (Phi) is 6.60. The van der Waals surface area contributed by atoms with Gasteiger partial charge in [0.2, 0.25) is 11.8 Å². The average molecular weight is 392 g/mol. The van der Waals surface area contributed by atoms with Gasteiger partial charge in [-0.1, -0.05) is 54.6 Å². The quantitative estimate of drug-likeness (QED) is 0.659. The molecule has 3 aromatic carbocycles. The average Bonchev–Trinajstić information content (AvgIpc) is 2.76. The lowest BCUT2D eigenvalue weighted by Gasteiger charge is -2.28. The molecule has 0 saturated heterocycles. The number of carbonyl (C=O) groups excluding carboxylic acids is 2. The Labute approximate surface area is 170 Å². The van der Waals surface area contributed by atoms with E-state index in [1.54, 1.807) is 31.0 Å². The summed E-state index contributed by atoms with van der Waals surface area (Å²) in [5, 5.41) is 4.87. The number of hydrogen-bond acceptors (Lipinski definition) is 2. The molecule has 0 unspecified atom stereocenters. The molecule has 0 heterocycles. The summed E-state index contributed by atoms with van der Waals surface area (Å²) < 4.78 is 13.2. The molecule has 2 amide bonds. The van der Waals surface area contributed by atoms with Crippen molar-refractivity contribution >= 4 is 22.6 Å². The molecule has 0 aliphatic heterocycles. The molecular weight excluding hydrogens is 367 g/mol. The van der Waals surface area contributed by atoms with Crippen molar-refractivity contribution in [1.29, 1.82) is 0 Å². The number of nitrogens with one attached hydrogen (secondary N) is 1. The fourth-order valence-corrected chi connectivity index (χ4v) is 3.47. The van der Waals surface area contributed by atoms with Crippen molar-refractivity contribution in [3.05, 3.63) is 83.7 Å². The van der Waals surface area contributed by atoms with E-state index in [2.05, 4.69) is 23.5 Å². The molecule has 3 aromatic rings. The van der Waals surface area contributed by atoms with Gasteiger partial charge in [-0.05, 0) is 47.4 Å². The molecule has 150 valence electrons. The molecule has 1 atom stereocenters. The highest BCUT2D eigenvalue weighted by Gasteiger charge is 2.25. The third-order valence-corrected chi connectivity index (χ3v) is 5.17. The first-order chi connectivity index (χ1) is 14.0. The van der Waals surface area contributed by atoms with Crippen LogP contribution < -0.4 is 5.32 Å². The number of halogens is 1. The van der Waals surface area contributed by atoms with Crippen molar-refractivity contribution in [1.82, 2.24) is 10.2 Å². The van der Waals surface area contributed by atoms with Crippen LogP contribution >= 0.6 is 0 Å².